The maximum atomic E-state index is 12.4. The highest BCUT2D eigenvalue weighted by Crippen LogP contribution is 2.10. The van der Waals surface area contributed by atoms with Crippen LogP contribution in [0, 0.1) is 0 Å². The smallest absolute Gasteiger partial charge is 0.251 e. The van der Waals surface area contributed by atoms with E-state index in [1.807, 2.05) is 12.1 Å². The molecule has 0 saturated carbocycles. The Balaban J connectivity index is 1.91. The van der Waals surface area contributed by atoms with E-state index in [9.17, 15) is 4.79 Å². The van der Waals surface area contributed by atoms with Gasteiger partial charge in [-0.05, 0) is 55.5 Å². The molecule has 0 saturated heterocycles. The Morgan fingerprint density at radius 3 is 2.15 bits per heavy atom. The average molecular weight is 368 g/mol. The lowest BCUT2D eigenvalue weighted by molar-refractivity contribution is 0.0951. The minimum atomic E-state index is -0.0273. The fraction of sp³-hybridized carbons (Fsp3) is 0.435. The first-order valence-corrected chi connectivity index (χ1v) is 9.91. The molecule has 27 heavy (non-hydrogen) atoms. The minimum absolute atomic E-state index is 0.0273. The number of amides is 1. The second kappa shape index (κ2) is 10.9. The van der Waals surface area contributed by atoms with Gasteiger partial charge in [0.1, 0.15) is 0 Å². The van der Waals surface area contributed by atoms with Crippen LogP contribution in [0.25, 0.3) is 0 Å². The molecule has 0 aromatic heterocycles. The second-order valence-electron chi connectivity index (χ2n) is 6.99. The summed E-state index contributed by atoms with van der Waals surface area (Å²) >= 11 is 0. The SMILES string of the molecule is CCN(C)Cc1cccc(CNC(=O)c2ccc(CN(CC)CC)cc2)c1. The molecule has 0 aliphatic heterocycles. The molecule has 0 aliphatic rings. The van der Waals surface area contributed by atoms with Crippen molar-refractivity contribution in [1.29, 1.82) is 0 Å². The minimum Gasteiger partial charge on any atom is -0.348 e. The van der Waals surface area contributed by atoms with E-state index in [-0.39, 0.29) is 5.91 Å². The van der Waals surface area contributed by atoms with E-state index in [0.717, 1.165) is 38.3 Å². The largest absolute Gasteiger partial charge is 0.348 e. The van der Waals surface area contributed by atoms with Crippen molar-refractivity contribution in [1.82, 2.24) is 15.1 Å². The molecule has 2 rings (SSSR count). The highest BCUT2D eigenvalue weighted by molar-refractivity contribution is 5.94. The number of hydrogen-bond donors (Lipinski definition) is 1. The molecule has 1 amide bonds. The van der Waals surface area contributed by atoms with Gasteiger partial charge in [0.05, 0.1) is 0 Å². The molecule has 0 spiro atoms. The van der Waals surface area contributed by atoms with Crippen molar-refractivity contribution in [3.63, 3.8) is 0 Å². The van der Waals surface area contributed by atoms with E-state index in [0.29, 0.717) is 12.1 Å². The van der Waals surface area contributed by atoms with E-state index in [2.05, 4.69) is 79.3 Å². The molecule has 146 valence electrons. The van der Waals surface area contributed by atoms with Gasteiger partial charge in [-0.2, -0.15) is 0 Å². The number of carbonyl (C=O) groups is 1. The highest BCUT2D eigenvalue weighted by Gasteiger charge is 2.07. The normalized spacial score (nSPS) is 11.2. The molecule has 0 atom stereocenters. The Hall–Kier alpha value is -2.17. The summed E-state index contributed by atoms with van der Waals surface area (Å²) < 4.78 is 0. The fourth-order valence-corrected chi connectivity index (χ4v) is 3.01. The molecule has 2 aromatic rings. The van der Waals surface area contributed by atoms with Crippen molar-refractivity contribution in [3.05, 3.63) is 70.8 Å². The Bertz CT molecular complexity index is 708. The fourth-order valence-electron chi connectivity index (χ4n) is 3.01. The van der Waals surface area contributed by atoms with Crippen molar-refractivity contribution in [3.8, 4) is 0 Å². The molecule has 4 heteroatoms. The second-order valence-corrected chi connectivity index (χ2v) is 6.99. The van der Waals surface area contributed by atoms with Crippen LogP contribution in [0.15, 0.2) is 48.5 Å². The first-order chi connectivity index (χ1) is 13.0. The predicted molar refractivity (Wildman–Crippen MR) is 113 cm³/mol. The molecule has 1 N–H and O–H groups in total. The third kappa shape index (κ3) is 6.81. The topological polar surface area (TPSA) is 35.6 Å². The Morgan fingerprint density at radius 1 is 0.852 bits per heavy atom. The molecule has 4 nitrogen and oxygen atoms in total. The summed E-state index contributed by atoms with van der Waals surface area (Å²) in [4.78, 5) is 17.1. The number of carbonyl (C=O) groups excluding carboxylic acids is 1. The lowest BCUT2D eigenvalue weighted by Gasteiger charge is -2.18. The van der Waals surface area contributed by atoms with Gasteiger partial charge >= 0.3 is 0 Å². The highest BCUT2D eigenvalue weighted by atomic mass is 16.1. The zero-order valence-corrected chi connectivity index (χ0v) is 17.2. The first kappa shape index (κ1) is 21.1. The summed E-state index contributed by atoms with van der Waals surface area (Å²) in [5, 5.41) is 3.03. The number of hydrogen-bond acceptors (Lipinski definition) is 3. The van der Waals surface area contributed by atoms with Crippen molar-refractivity contribution in [2.24, 2.45) is 0 Å². The molecular formula is C23H33N3O. The van der Waals surface area contributed by atoms with Gasteiger partial charge < -0.3 is 10.2 Å². The van der Waals surface area contributed by atoms with Crippen LogP contribution in [0.5, 0.6) is 0 Å². The van der Waals surface area contributed by atoms with E-state index in [1.165, 1.54) is 11.1 Å². The molecule has 0 radical (unpaired) electrons. The van der Waals surface area contributed by atoms with Crippen LogP contribution in [-0.2, 0) is 19.6 Å². The molecule has 0 aliphatic carbocycles. The van der Waals surface area contributed by atoms with Gasteiger partial charge in [0, 0.05) is 25.2 Å². The summed E-state index contributed by atoms with van der Waals surface area (Å²) in [5.41, 5.74) is 4.35. The zero-order valence-electron chi connectivity index (χ0n) is 17.2. The standard InChI is InChI=1S/C23H33N3O/c1-5-25(4)17-21-10-8-9-20(15-21)16-24-23(27)22-13-11-19(12-14-22)18-26(6-2)7-3/h8-15H,5-7,16-18H2,1-4H3,(H,24,27). The first-order valence-electron chi connectivity index (χ1n) is 9.91. The van der Waals surface area contributed by atoms with Crippen LogP contribution < -0.4 is 5.32 Å². The van der Waals surface area contributed by atoms with Crippen LogP contribution in [-0.4, -0.2) is 42.4 Å². The van der Waals surface area contributed by atoms with Gasteiger partial charge in [-0.3, -0.25) is 9.69 Å². The summed E-state index contributed by atoms with van der Waals surface area (Å²) in [5.74, 6) is -0.0273. The third-order valence-corrected chi connectivity index (χ3v) is 4.95. The Kier molecular flexibility index (Phi) is 8.49. The lowest BCUT2D eigenvalue weighted by atomic mass is 10.1. The summed E-state index contributed by atoms with van der Waals surface area (Å²) in [6, 6.07) is 16.3. The van der Waals surface area contributed by atoms with E-state index < -0.39 is 0 Å². The molecule has 0 fully saturated rings. The van der Waals surface area contributed by atoms with Gasteiger partial charge in [-0.1, -0.05) is 57.2 Å². The van der Waals surface area contributed by atoms with Gasteiger partial charge in [0.2, 0.25) is 0 Å². The van der Waals surface area contributed by atoms with Crippen LogP contribution in [0.4, 0.5) is 0 Å². The summed E-state index contributed by atoms with van der Waals surface area (Å²) in [6.45, 7) is 12.0. The quantitative estimate of drug-likeness (QED) is 0.691. The van der Waals surface area contributed by atoms with E-state index >= 15 is 0 Å². The van der Waals surface area contributed by atoms with E-state index in [1.54, 1.807) is 0 Å². The third-order valence-electron chi connectivity index (χ3n) is 4.95. The summed E-state index contributed by atoms with van der Waals surface area (Å²) in [6.07, 6.45) is 0. The summed E-state index contributed by atoms with van der Waals surface area (Å²) in [7, 11) is 2.11. The van der Waals surface area contributed by atoms with Crippen molar-refractivity contribution < 1.29 is 4.79 Å². The number of nitrogens with zero attached hydrogens (tertiary/aromatic N) is 2. The van der Waals surface area contributed by atoms with Gasteiger partial charge in [-0.15, -0.1) is 0 Å². The molecule has 2 aromatic carbocycles. The van der Waals surface area contributed by atoms with Crippen molar-refractivity contribution >= 4 is 5.91 Å². The molecule has 0 bridgehead atoms. The van der Waals surface area contributed by atoms with Crippen molar-refractivity contribution in [2.75, 3.05) is 26.7 Å². The zero-order chi connectivity index (χ0) is 19.6. The van der Waals surface area contributed by atoms with Crippen LogP contribution in [0.1, 0.15) is 47.8 Å². The molecule has 0 heterocycles. The lowest BCUT2D eigenvalue weighted by Crippen LogP contribution is -2.24. The molecular weight excluding hydrogens is 334 g/mol. The van der Waals surface area contributed by atoms with Crippen LogP contribution >= 0.6 is 0 Å². The van der Waals surface area contributed by atoms with Gasteiger partial charge in [0.25, 0.3) is 5.91 Å². The predicted octanol–water partition coefficient (Wildman–Crippen LogP) is 3.91. The maximum absolute atomic E-state index is 12.4. The van der Waals surface area contributed by atoms with E-state index in [4.69, 9.17) is 0 Å². The Labute approximate surface area is 164 Å². The van der Waals surface area contributed by atoms with Crippen LogP contribution in [0.2, 0.25) is 0 Å². The number of nitrogens with one attached hydrogen (secondary N) is 1. The maximum Gasteiger partial charge on any atom is 0.251 e. The van der Waals surface area contributed by atoms with Gasteiger partial charge in [0.15, 0.2) is 0 Å². The number of rotatable bonds is 10. The number of benzene rings is 2. The monoisotopic (exact) mass is 367 g/mol. The van der Waals surface area contributed by atoms with Crippen LogP contribution in [0.3, 0.4) is 0 Å². The Morgan fingerprint density at radius 2 is 1.52 bits per heavy atom. The molecule has 0 unspecified atom stereocenters. The average Bonchev–Trinajstić information content (AvgIpc) is 2.70. The van der Waals surface area contributed by atoms with Crippen molar-refractivity contribution in [2.45, 2.75) is 40.4 Å². The van der Waals surface area contributed by atoms with Gasteiger partial charge in [-0.25, -0.2) is 0 Å².